The predicted molar refractivity (Wildman–Crippen MR) is 278 cm³/mol. The van der Waals surface area contributed by atoms with Gasteiger partial charge in [-0.1, -0.05) is 32.9 Å². The van der Waals surface area contributed by atoms with Crippen LogP contribution in [0.1, 0.15) is 126 Å². The van der Waals surface area contributed by atoms with Crippen molar-refractivity contribution in [2.75, 3.05) is 74.1 Å². The summed E-state index contributed by atoms with van der Waals surface area (Å²) in [5.74, 6) is 4.25. The first-order chi connectivity index (χ1) is 33.6. The molecule has 3 aliphatic rings. The molecule has 0 aromatic heterocycles. The number of halogens is 1. The van der Waals surface area contributed by atoms with Crippen LogP contribution in [0.25, 0.3) is 0 Å². The van der Waals surface area contributed by atoms with E-state index in [1.54, 1.807) is 34.3 Å². The highest BCUT2D eigenvalue weighted by Gasteiger charge is 2.51. The number of hydrogen-bond donors (Lipinski definition) is 5. The van der Waals surface area contributed by atoms with Gasteiger partial charge in [0.25, 0.3) is 0 Å². The Bertz CT molecular complexity index is 1830. The van der Waals surface area contributed by atoms with Crippen molar-refractivity contribution in [1.82, 2.24) is 20.1 Å². The number of hydrazine groups is 1. The van der Waals surface area contributed by atoms with E-state index in [9.17, 15) is 24.5 Å². The van der Waals surface area contributed by atoms with Gasteiger partial charge in [0.05, 0.1) is 41.5 Å². The van der Waals surface area contributed by atoms with Gasteiger partial charge in [0.2, 0.25) is 0 Å². The van der Waals surface area contributed by atoms with E-state index in [1.807, 2.05) is 111 Å². The van der Waals surface area contributed by atoms with Gasteiger partial charge in [-0.2, -0.15) is 0 Å². The number of carbonyl (C=O) groups is 1. The first kappa shape index (κ1) is 61.8. The molecule has 0 unspecified atom stereocenters. The number of ether oxygens (including phenoxy) is 7. The fourth-order valence-corrected chi connectivity index (χ4v) is 11.5. The van der Waals surface area contributed by atoms with Crippen LogP contribution >= 0.6 is 0 Å². The van der Waals surface area contributed by atoms with Crippen LogP contribution in [0, 0.1) is 17.8 Å². The Balaban J connectivity index is 1.65. The van der Waals surface area contributed by atoms with Gasteiger partial charge in [-0.15, -0.1) is 0 Å². The molecular weight excluding hydrogens is 928 g/mol. The first-order valence-corrected chi connectivity index (χ1v) is 26.3. The summed E-state index contributed by atoms with van der Waals surface area (Å²) in [6.45, 7) is 19.0. The summed E-state index contributed by atoms with van der Waals surface area (Å²) in [4.78, 5) is 20.7. The van der Waals surface area contributed by atoms with Crippen molar-refractivity contribution < 1.29 is 57.7 Å². The zero-order valence-corrected chi connectivity index (χ0v) is 47.0. The quantitative estimate of drug-likeness (QED) is 0.0678. The van der Waals surface area contributed by atoms with E-state index in [0.717, 1.165) is 23.4 Å². The molecule has 18 heteroatoms. The number of rotatable bonds is 18. The lowest BCUT2D eigenvalue weighted by molar-refractivity contribution is -0.292. The minimum Gasteiger partial charge on any atom is -0.459 e. The van der Waals surface area contributed by atoms with E-state index in [-0.39, 0.29) is 37.0 Å². The van der Waals surface area contributed by atoms with E-state index in [2.05, 4.69) is 17.3 Å². The van der Waals surface area contributed by atoms with Gasteiger partial charge in [-0.25, -0.2) is 10.2 Å². The van der Waals surface area contributed by atoms with Crippen LogP contribution in [0.3, 0.4) is 0 Å². The number of nitrogens with zero attached hydrogens (tertiary/aromatic N) is 4. The van der Waals surface area contributed by atoms with Gasteiger partial charge in [0.1, 0.15) is 36.6 Å². The summed E-state index contributed by atoms with van der Waals surface area (Å²) in [5.41, 5.74) is -1.19. The van der Waals surface area contributed by atoms with Gasteiger partial charge in [-0.3, -0.25) is 4.79 Å². The molecule has 0 bridgehead atoms. The number of anilines is 1. The molecule has 3 fully saturated rings. The molecule has 0 amide bonds. The summed E-state index contributed by atoms with van der Waals surface area (Å²) >= 11 is 0. The molecule has 18 atom stereocenters. The first-order valence-electron chi connectivity index (χ1n) is 26.3. The fourth-order valence-electron chi connectivity index (χ4n) is 11.5. The number of carbonyl (C=O) groups excluding carboxylic acids is 1. The van der Waals surface area contributed by atoms with Crippen LogP contribution in [0.4, 0.5) is 10.1 Å². The van der Waals surface area contributed by atoms with Gasteiger partial charge < -0.3 is 73.5 Å². The number of nitrogens with one attached hydrogen (secondary N) is 1. The second kappa shape index (κ2) is 26.9. The Morgan fingerprint density at radius 1 is 0.972 bits per heavy atom. The Kier molecular flexibility index (Phi) is 23.1. The van der Waals surface area contributed by atoms with E-state index < -0.39 is 96.5 Å². The lowest BCUT2D eigenvalue weighted by Crippen LogP contribution is -2.59. The number of alkyl halides is 1. The lowest BCUT2D eigenvalue weighted by Gasteiger charge is -2.47. The molecule has 1 aromatic rings. The molecule has 3 saturated heterocycles. The van der Waals surface area contributed by atoms with Crippen LogP contribution in [0.2, 0.25) is 0 Å². The molecule has 0 aliphatic carbocycles. The van der Waals surface area contributed by atoms with Gasteiger partial charge in [0.15, 0.2) is 12.6 Å². The molecule has 3 heterocycles. The normalized spacial score (nSPS) is 38.1. The van der Waals surface area contributed by atoms with Crippen molar-refractivity contribution in [3.63, 3.8) is 0 Å². The highest BCUT2D eigenvalue weighted by molar-refractivity contribution is 5.73. The van der Waals surface area contributed by atoms with Crippen molar-refractivity contribution in [3.8, 4) is 0 Å². The Morgan fingerprint density at radius 3 is 2.18 bits per heavy atom. The third-order valence-electron chi connectivity index (χ3n) is 16.0. The van der Waals surface area contributed by atoms with Crippen LogP contribution in [-0.2, 0) is 38.0 Å². The molecule has 72 heavy (non-hydrogen) atoms. The minimum absolute atomic E-state index is 0.0130. The number of aliphatic hydroxyl groups excluding tert-OH is 1. The summed E-state index contributed by atoms with van der Waals surface area (Å²) in [5, 5.41) is 41.1. The largest absolute Gasteiger partial charge is 0.459 e. The molecule has 0 saturated carbocycles. The molecule has 3 aliphatic heterocycles. The highest BCUT2D eigenvalue weighted by Crippen LogP contribution is 2.40. The monoisotopic (exact) mass is 1020 g/mol. The number of aliphatic hydroxyl groups is 3. The maximum absolute atomic E-state index is 14.8. The molecule has 0 radical (unpaired) electrons. The average Bonchev–Trinajstić information content (AvgIpc) is 3.32. The summed E-state index contributed by atoms with van der Waals surface area (Å²) < 4.78 is 59.7. The van der Waals surface area contributed by atoms with Crippen molar-refractivity contribution in [2.45, 2.75) is 204 Å². The van der Waals surface area contributed by atoms with E-state index in [1.165, 1.54) is 11.9 Å². The highest BCUT2D eigenvalue weighted by atomic mass is 19.1. The van der Waals surface area contributed by atoms with E-state index in [4.69, 9.17) is 39.0 Å². The van der Waals surface area contributed by atoms with Gasteiger partial charge >= 0.3 is 5.97 Å². The minimum atomic E-state index is -1.79. The lowest BCUT2D eigenvalue weighted by atomic mass is 9.77. The third kappa shape index (κ3) is 15.9. The maximum Gasteiger partial charge on any atom is 0.311 e. The summed E-state index contributed by atoms with van der Waals surface area (Å²) in [6, 6.07) is 6.52. The van der Waals surface area contributed by atoms with Crippen LogP contribution in [0.15, 0.2) is 36.2 Å². The van der Waals surface area contributed by atoms with Crippen molar-refractivity contribution in [2.24, 2.45) is 23.6 Å². The standard InChI is InChI=1S/C54H97FN6O11/c1-18-44-54(10,65)49(62)38(7)60(15)31-33(2)27-53(9,64)50(36(5)47(37(6)51(63)70-44)71-46-29-52(8,67-17)28-35(4)69-46)72-45-26-42(25-34(3)68-45)59(14)24-23-40(57-11)32-61(56)43(30-55)48(66-16)39-19-21-41(22-20-39)58(12)13/h19-22,32-38,42-50,57,62,64-65H,18,23-31,56H2,1-17H3/b40-32-/t33-,34-,35+,36+,37-,38-,42+,43-,44-,45+,46+,47+,48-,49-,50-,52+,53-,54-/m1/s1. The molecule has 6 N–H and O–H groups in total. The number of hydrogen-bond acceptors (Lipinski definition) is 17. The topological polar surface area (TPSA) is 193 Å². The number of nitrogens with two attached hydrogens (primary N) is 1. The van der Waals surface area contributed by atoms with Crippen molar-refractivity contribution in [3.05, 3.63) is 41.7 Å². The Hall–Kier alpha value is -2.72. The Morgan fingerprint density at radius 2 is 1.61 bits per heavy atom. The third-order valence-corrected chi connectivity index (χ3v) is 16.0. The average molecular weight is 1030 g/mol. The smallest absolute Gasteiger partial charge is 0.311 e. The maximum atomic E-state index is 14.8. The second-order valence-corrected chi connectivity index (χ2v) is 22.5. The van der Waals surface area contributed by atoms with E-state index >= 15 is 0 Å². The van der Waals surface area contributed by atoms with Gasteiger partial charge in [-0.05, 0) is 105 Å². The molecule has 4 rings (SSSR count). The van der Waals surface area contributed by atoms with Crippen LogP contribution < -0.4 is 16.1 Å². The number of methoxy groups -OCH3 is 2. The molecule has 1 aromatic carbocycles. The predicted octanol–water partition coefficient (Wildman–Crippen LogP) is 5.75. The van der Waals surface area contributed by atoms with Gasteiger partial charge in [0, 0.05) is 110 Å². The van der Waals surface area contributed by atoms with Crippen molar-refractivity contribution in [1.29, 1.82) is 0 Å². The SMILES string of the molecule is CC[C@H]1OC(=O)[C@H](C)[C@@H](O[C@H]2C[C@@](C)(OC)C[C@H](C)O2)[C@H](C)[C@@H](O[C@H]2C[C@@H](N(C)CC/C(=C/N(N)[C@H](CF)[C@H](OC)c3ccc(N(C)C)cc3)NC)C[C@@H](C)O2)[C@](C)(O)C[C@@H](C)CN(C)[C@H](C)[C@@H](O)[C@]1(C)O. The number of cyclic esters (lactones) is 1. The van der Waals surface area contributed by atoms with Crippen LogP contribution in [0.5, 0.6) is 0 Å². The molecule has 0 spiro atoms. The number of esters is 1. The second-order valence-electron chi connectivity index (χ2n) is 22.5. The van der Waals surface area contributed by atoms with Crippen molar-refractivity contribution >= 4 is 11.7 Å². The van der Waals surface area contributed by atoms with E-state index in [0.29, 0.717) is 38.8 Å². The summed E-state index contributed by atoms with van der Waals surface area (Å²) in [7, 11) is 12.9. The molecular formula is C54H97FN6O11. The number of likely N-dealkylation sites (N-methyl/N-ethyl adjacent to an activating group) is 1. The molecule has 17 nitrogen and oxygen atoms in total. The number of benzene rings is 1. The fraction of sp³-hybridized carbons (Fsp3) is 0.833. The molecule has 416 valence electrons. The zero-order chi connectivity index (χ0) is 54.0. The summed E-state index contributed by atoms with van der Waals surface area (Å²) in [6.07, 6.45) is -1.62. The van der Waals surface area contributed by atoms with Crippen LogP contribution in [-0.4, -0.2) is 189 Å². The Labute approximate surface area is 432 Å². The zero-order valence-electron chi connectivity index (χ0n) is 47.0.